The third-order valence-corrected chi connectivity index (χ3v) is 7.02. The molecule has 162 valence electrons. The predicted molar refractivity (Wildman–Crippen MR) is 117 cm³/mol. The number of imide groups is 1. The molecule has 0 spiro atoms. The van der Waals surface area contributed by atoms with Crippen molar-refractivity contribution in [1.29, 1.82) is 0 Å². The molecule has 4 rings (SSSR count). The first-order valence-corrected chi connectivity index (χ1v) is 11.3. The van der Waals surface area contributed by atoms with Gasteiger partial charge in [-0.2, -0.15) is 0 Å². The zero-order valence-corrected chi connectivity index (χ0v) is 18.0. The number of carbonyl (C=O) groups is 3. The van der Waals surface area contributed by atoms with Crippen LogP contribution in [0, 0.1) is 5.82 Å². The Morgan fingerprint density at radius 3 is 2.61 bits per heavy atom. The number of thioether (sulfide) groups is 1. The van der Waals surface area contributed by atoms with Crippen LogP contribution in [0.3, 0.4) is 0 Å². The Morgan fingerprint density at radius 2 is 1.87 bits per heavy atom. The van der Waals surface area contributed by atoms with Gasteiger partial charge in [0.25, 0.3) is 5.91 Å². The van der Waals surface area contributed by atoms with Crippen molar-refractivity contribution in [2.45, 2.75) is 30.7 Å². The maximum absolute atomic E-state index is 14.3. The lowest BCUT2D eigenvalue weighted by Crippen LogP contribution is -2.46. The molecule has 6 nitrogen and oxygen atoms in total. The van der Waals surface area contributed by atoms with Gasteiger partial charge in [0, 0.05) is 17.9 Å². The first-order chi connectivity index (χ1) is 14.9. The van der Waals surface area contributed by atoms with Crippen LogP contribution in [0.25, 0.3) is 0 Å². The summed E-state index contributed by atoms with van der Waals surface area (Å²) in [6.07, 6.45) is 1.06. The molecular weight excluding hydrogens is 417 g/mol. The third-order valence-electron chi connectivity index (χ3n) is 5.78. The Hall–Kier alpha value is -2.87. The maximum atomic E-state index is 14.3. The van der Waals surface area contributed by atoms with Crippen molar-refractivity contribution in [3.63, 3.8) is 0 Å². The zero-order chi connectivity index (χ0) is 22.0. The molecule has 2 aliphatic heterocycles. The molecule has 8 heteroatoms. The smallest absolute Gasteiger partial charge is 0.324 e. The van der Waals surface area contributed by atoms with Gasteiger partial charge >= 0.3 is 6.03 Å². The van der Waals surface area contributed by atoms with E-state index in [1.54, 1.807) is 30.0 Å². The second kappa shape index (κ2) is 8.70. The molecule has 2 aromatic rings. The minimum absolute atomic E-state index is 0.350. The number of nitrogens with zero attached hydrogens (tertiary/aromatic N) is 2. The number of hydrogen-bond donors (Lipinski definition) is 1. The summed E-state index contributed by atoms with van der Waals surface area (Å²) in [7, 11) is 0. The van der Waals surface area contributed by atoms with Crippen molar-refractivity contribution >= 4 is 29.6 Å². The van der Waals surface area contributed by atoms with Crippen LogP contribution in [0.4, 0.5) is 9.18 Å². The van der Waals surface area contributed by atoms with E-state index in [0.29, 0.717) is 30.7 Å². The highest BCUT2D eigenvalue weighted by Gasteiger charge is 2.48. The molecule has 0 unspecified atom stereocenters. The van der Waals surface area contributed by atoms with Gasteiger partial charge in [-0.15, -0.1) is 11.8 Å². The second-order valence-electron chi connectivity index (χ2n) is 7.97. The summed E-state index contributed by atoms with van der Waals surface area (Å²) in [6, 6.07) is 15.5. The highest BCUT2D eigenvalue weighted by molar-refractivity contribution is 7.99. The lowest BCUT2D eigenvalue weighted by atomic mass is 9.93. The van der Waals surface area contributed by atoms with E-state index >= 15 is 0 Å². The summed E-state index contributed by atoms with van der Waals surface area (Å²) in [5, 5.41) is 2.29. The number of benzene rings is 2. The largest absolute Gasteiger partial charge is 0.325 e. The summed E-state index contributed by atoms with van der Waals surface area (Å²) in [5.74, 6) is -0.479. The molecule has 0 aliphatic carbocycles. The normalized spacial score (nSPS) is 23.4. The van der Waals surface area contributed by atoms with Crippen LogP contribution in [0.5, 0.6) is 0 Å². The van der Waals surface area contributed by atoms with Gasteiger partial charge in [-0.3, -0.25) is 14.5 Å². The van der Waals surface area contributed by atoms with Crippen molar-refractivity contribution in [3.8, 4) is 0 Å². The standard InChI is InChI=1S/C23H24FN3O3S/c1-23(12-11-16-7-3-2-4-8-16)21(29)27(22(30)25-23)15-19(28)26-13-14-31-20(26)17-9-5-6-10-18(17)24/h2-10,20H,11-15H2,1H3,(H,25,30)/t20-,23+/m0/s1. The fourth-order valence-corrected chi connectivity index (χ4v) is 5.28. The van der Waals surface area contributed by atoms with Gasteiger partial charge in [0.15, 0.2) is 0 Å². The van der Waals surface area contributed by atoms with Crippen molar-refractivity contribution < 1.29 is 18.8 Å². The minimum atomic E-state index is -1.06. The van der Waals surface area contributed by atoms with E-state index in [4.69, 9.17) is 0 Å². The molecule has 2 aromatic carbocycles. The average Bonchev–Trinajstić information content (AvgIpc) is 3.33. The topological polar surface area (TPSA) is 69.7 Å². The van der Waals surface area contributed by atoms with Crippen LogP contribution in [0.1, 0.15) is 29.8 Å². The Kier molecular flexibility index (Phi) is 6.00. The van der Waals surface area contributed by atoms with Crippen molar-refractivity contribution in [3.05, 3.63) is 71.5 Å². The number of hydrogen-bond acceptors (Lipinski definition) is 4. The molecule has 2 fully saturated rings. The van der Waals surface area contributed by atoms with E-state index in [9.17, 15) is 18.8 Å². The highest BCUT2D eigenvalue weighted by Crippen LogP contribution is 2.39. The van der Waals surface area contributed by atoms with Crippen LogP contribution in [-0.4, -0.2) is 52.0 Å². The number of halogens is 1. The number of carbonyl (C=O) groups excluding carboxylic acids is 3. The van der Waals surface area contributed by atoms with Gasteiger partial charge in [-0.1, -0.05) is 48.5 Å². The number of urea groups is 1. The average molecular weight is 442 g/mol. The Bertz CT molecular complexity index is 1000. The molecule has 4 amide bonds. The van der Waals surface area contributed by atoms with Crippen LogP contribution in [-0.2, 0) is 16.0 Å². The Morgan fingerprint density at radius 1 is 1.16 bits per heavy atom. The zero-order valence-electron chi connectivity index (χ0n) is 17.2. The molecule has 0 aromatic heterocycles. The summed E-state index contributed by atoms with van der Waals surface area (Å²) >= 11 is 1.47. The molecule has 0 saturated carbocycles. The first kappa shape index (κ1) is 21.4. The van der Waals surface area contributed by atoms with Gasteiger partial charge in [0.2, 0.25) is 5.91 Å². The lowest BCUT2D eigenvalue weighted by Gasteiger charge is -2.26. The number of amides is 4. The number of rotatable bonds is 6. The molecule has 2 atom stereocenters. The summed E-state index contributed by atoms with van der Waals surface area (Å²) in [6.45, 7) is 1.78. The van der Waals surface area contributed by atoms with Crippen LogP contribution in [0.2, 0.25) is 0 Å². The Labute approximate surface area is 184 Å². The van der Waals surface area contributed by atoms with Gasteiger partial charge < -0.3 is 10.2 Å². The van der Waals surface area contributed by atoms with E-state index in [-0.39, 0.29) is 18.3 Å². The van der Waals surface area contributed by atoms with Crippen molar-refractivity contribution in [2.75, 3.05) is 18.8 Å². The number of nitrogens with one attached hydrogen (secondary N) is 1. The minimum Gasteiger partial charge on any atom is -0.324 e. The first-order valence-electron chi connectivity index (χ1n) is 10.2. The summed E-state index contributed by atoms with van der Waals surface area (Å²) in [4.78, 5) is 41.1. The molecule has 1 N–H and O–H groups in total. The predicted octanol–water partition coefficient (Wildman–Crippen LogP) is 3.34. The SMILES string of the molecule is C[C@]1(CCc2ccccc2)NC(=O)N(CC(=O)N2CCS[C@H]2c2ccccc2F)C1=O. The molecule has 2 heterocycles. The van der Waals surface area contributed by atoms with Gasteiger partial charge in [0.1, 0.15) is 23.3 Å². The Balaban J connectivity index is 1.43. The second-order valence-corrected chi connectivity index (χ2v) is 9.16. The fourth-order valence-electron chi connectivity index (χ4n) is 3.98. The third kappa shape index (κ3) is 4.30. The van der Waals surface area contributed by atoms with Crippen LogP contribution in [0.15, 0.2) is 54.6 Å². The maximum Gasteiger partial charge on any atom is 0.325 e. The van der Waals surface area contributed by atoms with Crippen molar-refractivity contribution in [2.24, 2.45) is 0 Å². The van der Waals surface area contributed by atoms with Gasteiger partial charge in [-0.05, 0) is 31.4 Å². The van der Waals surface area contributed by atoms with E-state index in [1.807, 2.05) is 30.3 Å². The van der Waals surface area contributed by atoms with Gasteiger partial charge in [-0.25, -0.2) is 9.18 Å². The molecule has 2 saturated heterocycles. The molecule has 0 radical (unpaired) electrons. The lowest BCUT2D eigenvalue weighted by molar-refractivity contribution is -0.139. The highest BCUT2D eigenvalue weighted by atomic mass is 32.2. The molecular formula is C23H24FN3O3S. The van der Waals surface area contributed by atoms with Crippen molar-refractivity contribution in [1.82, 2.24) is 15.1 Å². The summed E-state index contributed by atoms with van der Waals surface area (Å²) < 4.78 is 14.3. The van der Waals surface area contributed by atoms with E-state index < -0.39 is 22.9 Å². The van der Waals surface area contributed by atoms with Gasteiger partial charge in [0.05, 0.1) is 0 Å². The molecule has 2 aliphatic rings. The van der Waals surface area contributed by atoms with E-state index in [0.717, 1.165) is 10.5 Å². The van der Waals surface area contributed by atoms with Crippen LogP contribution >= 0.6 is 11.8 Å². The van der Waals surface area contributed by atoms with E-state index in [2.05, 4.69) is 5.32 Å². The quantitative estimate of drug-likeness (QED) is 0.698. The van der Waals surface area contributed by atoms with Crippen LogP contribution < -0.4 is 5.32 Å². The molecule has 31 heavy (non-hydrogen) atoms. The molecule has 0 bridgehead atoms. The van der Waals surface area contributed by atoms with E-state index in [1.165, 1.54) is 17.8 Å². The summed E-state index contributed by atoms with van der Waals surface area (Å²) in [5.41, 5.74) is 0.447. The monoisotopic (exact) mass is 441 g/mol. The fraction of sp³-hybridized carbons (Fsp3) is 0.348. The number of aryl methyl sites for hydroxylation is 1.